The molecule has 1 atom stereocenters. The van der Waals surface area contributed by atoms with Gasteiger partial charge in [-0.1, -0.05) is 48.0 Å². The second-order valence-corrected chi connectivity index (χ2v) is 9.48. The Kier molecular flexibility index (Phi) is 5.95. The lowest BCUT2D eigenvalue weighted by Crippen LogP contribution is -2.19. The van der Waals surface area contributed by atoms with E-state index in [0.717, 1.165) is 5.56 Å². The number of imide groups is 1. The molecule has 1 aliphatic rings. The maximum Gasteiger partial charge on any atom is 0.254 e. The van der Waals surface area contributed by atoms with Crippen LogP contribution in [0.15, 0.2) is 77.5 Å². The second kappa shape index (κ2) is 9.20. The van der Waals surface area contributed by atoms with Crippen molar-refractivity contribution < 1.29 is 13.8 Å². The van der Waals surface area contributed by atoms with E-state index in [1.807, 2.05) is 42.5 Å². The summed E-state index contributed by atoms with van der Waals surface area (Å²) in [5, 5.41) is 10.8. The molecule has 3 heterocycles. The van der Waals surface area contributed by atoms with Crippen LogP contribution in [0.4, 0.5) is 11.5 Å². The van der Waals surface area contributed by atoms with E-state index in [-0.39, 0.29) is 12.3 Å². The zero-order chi connectivity index (χ0) is 23.7. The van der Waals surface area contributed by atoms with Crippen LogP contribution >= 0.6 is 11.6 Å². The summed E-state index contributed by atoms with van der Waals surface area (Å²) in [6.07, 6.45) is 3.11. The summed E-state index contributed by atoms with van der Waals surface area (Å²) < 4.78 is 14.9. The number of hydrogen-bond donors (Lipinski definition) is 2. The molecule has 0 bridgehead atoms. The van der Waals surface area contributed by atoms with Gasteiger partial charge in [-0.25, -0.2) is 9.50 Å². The third kappa shape index (κ3) is 4.61. The minimum atomic E-state index is -1.44. The van der Waals surface area contributed by atoms with E-state index in [2.05, 4.69) is 20.7 Å². The number of rotatable bonds is 6. The van der Waals surface area contributed by atoms with Crippen molar-refractivity contribution in [2.75, 3.05) is 5.32 Å². The Bertz CT molecular complexity index is 1480. The van der Waals surface area contributed by atoms with Gasteiger partial charge in [-0.15, -0.1) is 0 Å². The summed E-state index contributed by atoms with van der Waals surface area (Å²) in [6.45, 7) is 0. The molecular weight excluding hydrogens is 474 g/mol. The Balaban J connectivity index is 1.60. The zero-order valence-corrected chi connectivity index (χ0v) is 19.3. The SMILES string of the molecule is O=C1C/C(=C\c2cnn3c(S(=O)Cc4ccccc4)cc(Nc4cccc(Cl)c4)nc23)C(=O)N1. The van der Waals surface area contributed by atoms with Crippen molar-refractivity contribution >= 4 is 57.4 Å². The highest BCUT2D eigenvalue weighted by Crippen LogP contribution is 2.25. The first-order valence-corrected chi connectivity index (χ1v) is 12.0. The number of nitrogens with zero attached hydrogens (tertiary/aromatic N) is 3. The number of anilines is 2. The van der Waals surface area contributed by atoms with Crippen LogP contribution in [0, 0.1) is 0 Å². The van der Waals surface area contributed by atoms with Gasteiger partial charge in [0, 0.05) is 27.9 Å². The molecule has 8 nitrogen and oxygen atoms in total. The molecule has 1 saturated heterocycles. The Labute approximate surface area is 202 Å². The van der Waals surface area contributed by atoms with Crippen LogP contribution in [0.2, 0.25) is 5.02 Å². The van der Waals surface area contributed by atoms with Crippen LogP contribution in [0.3, 0.4) is 0 Å². The third-order valence-corrected chi connectivity index (χ3v) is 6.75. The van der Waals surface area contributed by atoms with E-state index in [1.165, 1.54) is 10.7 Å². The van der Waals surface area contributed by atoms with Crippen molar-refractivity contribution in [2.24, 2.45) is 0 Å². The van der Waals surface area contributed by atoms with Gasteiger partial charge < -0.3 is 5.32 Å². The van der Waals surface area contributed by atoms with Crippen LogP contribution < -0.4 is 10.6 Å². The summed E-state index contributed by atoms with van der Waals surface area (Å²) in [6, 6.07) is 18.4. The van der Waals surface area contributed by atoms with Crippen LogP contribution in [-0.2, 0) is 26.1 Å². The van der Waals surface area contributed by atoms with Gasteiger partial charge in [0.15, 0.2) is 5.65 Å². The third-order valence-electron chi connectivity index (χ3n) is 5.16. The topological polar surface area (TPSA) is 105 Å². The smallest absolute Gasteiger partial charge is 0.254 e. The van der Waals surface area contributed by atoms with Crippen LogP contribution in [-0.4, -0.2) is 30.6 Å². The van der Waals surface area contributed by atoms with Gasteiger partial charge in [0.2, 0.25) is 5.91 Å². The van der Waals surface area contributed by atoms with Crippen molar-refractivity contribution in [3.05, 3.63) is 88.6 Å². The molecular formula is C24H18ClN5O3S. The highest BCUT2D eigenvalue weighted by Gasteiger charge is 2.25. The van der Waals surface area contributed by atoms with Gasteiger partial charge in [-0.3, -0.25) is 19.1 Å². The fourth-order valence-corrected chi connectivity index (χ4v) is 5.01. The number of hydrogen-bond acceptors (Lipinski definition) is 6. The van der Waals surface area contributed by atoms with Gasteiger partial charge in [0.05, 0.1) is 29.2 Å². The Morgan fingerprint density at radius 1 is 1.12 bits per heavy atom. The van der Waals surface area contributed by atoms with E-state index < -0.39 is 16.7 Å². The second-order valence-electron chi connectivity index (χ2n) is 7.65. The summed E-state index contributed by atoms with van der Waals surface area (Å²) in [5.41, 5.74) is 2.90. The van der Waals surface area contributed by atoms with Gasteiger partial charge >= 0.3 is 0 Å². The first-order chi connectivity index (χ1) is 16.5. The Morgan fingerprint density at radius 2 is 1.94 bits per heavy atom. The lowest BCUT2D eigenvalue weighted by Gasteiger charge is -2.11. The van der Waals surface area contributed by atoms with Crippen molar-refractivity contribution in [1.82, 2.24) is 19.9 Å². The summed E-state index contributed by atoms with van der Waals surface area (Å²) >= 11 is 6.11. The summed E-state index contributed by atoms with van der Waals surface area (Å²) in [7, 11) is -1.44. The highest BCUT2D eigenvalue weighted by atomic mass is 35.5. The molecule has 10 heteroatoms. The fraction of sp³-hybridized carbons (Fsp3) is 0.0833. The molecule has 1 aliphatic heterocycles. The minimum absolute atomic E-state index is 0.0105. The number of aromatic nitrogens is 3. The van der Waals surface area contributed by atoms with E-state index in [9.17, 15) is 13.8 Å². The minimum Gasteiger partial charge on any atom is -0.340 e. The average molecular weight is 492 g/mol. The highest BCUT2D eigenvalue weighted by molar-refractivity contribution is 7.84. The van der Waals surface area contributed by atoms with Crippen LogP contribution in [0.5, 0.6) is 0 Å². The van der Waals surface area contributed by atoms with Gasteiger partial charge in [-0.05, 0) is 29.8 Å². The molecule has 4 aromatic rings. The molecule has 0 spiro atoms. The molecule has 1 unspecified atom stereocenters. The van der Waals surface area contributed by atoms with Crippen molar-refractivity contribution in [3.8, 4) is 0 Å². The zero-order valence-electron chi connectivity index (χ0n) is 17.7. The summed E-state index contributed by atoms with van der Waals surface area (Å²) in [4.78, 5) is 28.3. The first kappa shape index (κ1) is 22.0. The Morgan fingerprint density at radius 3 is 2.68 bits per heavy atom. The monoisotopic (exact) mass is 491 g/mol. The van der Waals surface area contributed by atoms with Crippen LogP contribution in [0.1, 0.15) is 17.5 Å². The number of amides is 2. The molecule has 5 rings (SSSR count). The number of carbonyl (C=O) groups excluding carboxylic acids is 2. The van der Waals surface area contributed by atoms with E-state index in [4.69, 9.17) is 11.6 Å². The fourth-order valence-electron chi connectivity index (χ4n) is 3.60. The quantitative estimate of drug-likeness (QED) is 0.241. The maximum atomic E-state index is 13.4. The van der Waals surface area contributed by atoms with E-state index in [0.29, 0.717) is 44.1 Å². The summed E-state index contributed by atoms with van der Waals surface area (Å²) in [5.74, 6) is -0.0543. The molecule has 0 saturated carbocycles. The molecule has 170 valence electrons. The average Bonchev–Trinajstić information content (AvgIpc) is 3.36. The molecule has 34 heavy (non-hydrogen) atoms. The van der Waals surface area contributed by atoms with Crippen molar-refractivity contribution in [3.63, 3.8) is 0 Å². The van der Waals surface area contributed by atoms with Crippen LogP contribution in [0.25, 0.3) is 11.7 Å². The molecule has 2 N–H and O–H groups in total. The molecule has 2 aromatic heterocycles. The molecule has 2 amide bonds. The van der Waals surface area contributed by atoms with E-state index in [1.54, 1.807) is 24.3 Å². The number of halogens is 1. The number of nitrogens with one attached hydrogen (secondary N) is 2. The van der Waals surface area contributed by atoms with Gasteiger partial charge in [-0.2, -0.15) is 5.10 Å². The lowest BCUT2D eigenvalue weighted by molar-refractivity contribution is -0.124. The van der Waals surface area contributed by atoms with Gasteiger partial charge in [0.1, 0.15) is 10.8 Å². The predicted octanol–water partition coefficient (Wildman–Crippen LogP) is 3.86. The van der Waals surface area contributed by atoms with Crippen molar-refractivity contribution in [2.45, 2.75) is 17.2 Å². The number of benzene rings is 2. The molecule has 0 radical (unpaired) electrons. The first-order valence-electron chi connectivity index (χ1n) is 10.3. The lowest BCUT2D eigenvalue weighted by atomic mass is 10.1. The standard InChI is InChI=1S/C24H18ClN5O3S/c25-18-7-4-8-19(11-18)27-20-12-22(34(33)14-15-5-2-1-3-6-15)30-23(28-20)17(13-26-30)9-16-10-21(31)29-24(16)32/h1-9,11-13H,10,14H2,(H,27,28)(H,29,31,32)/b16-9+. The van der Waals surface area contributed by atoms with Crippen molar-refractivity contribution in [1.29, 1.82) is 0 Å². The largest absolute Gasteiger partial charge is 0.340 e. The molecule has 1 fully saturated rings. The molecule has 2 aromatic carbocycles. The number of carbonyl (C=O) groups is 2. The normalized spacial score (nSPS) is 15.6. The molecule has 0 aliphatic carbocycles. The Hall–Kier alpha value is -3.82. The number of fused-ring (bicyclic) bond motifs is 1. The van der Waals surface area contributed by atoms with E-state index >= 15 is 0 Å². The maximum absolute atomic E-state index is 13.4. The van der Waals surface area contributed by atoms with Gasteiger partial charge in [0.25, 0.3) is 5.91 Å². The predicted molar refractivity (Wildman–Crippen MR) is 130 cm³/mol.